The number of ether oxygens (including phenoxy) is 5. The second kappa shape index (κ2) is 10.6. The summed E-state index contributed by atoms with van der Waals surface area (Å²) in [5.74, 6) is -7.07. The minimum absolute atomic E-state index is 0.405. The second-order valence-corrected chi connectivity index (χ2v) is 5.71. The lowest BCUT2D eigenvalue weighted by Gasteiger charge is -2.48. The zero-order chi connectivity index (χ0) is 25.0. The topological polar surface area (TPSA) is 183 Å². The number of carbonyl (C=O) groups is 4. The van der Waals surface area contributed by atoms with Gasteiger partial charge >= 0.3 is 23.9 Å². The van der Waals surface area contributed by atoms with Crippen LogP contribution in [0.3, 0.4) is 0 Å². The van der Waals surface area contributed by atoms with Gasteiger partial charge in [-0.3, -0.25) is 19.2 Å². The first-order valence-electron chi connectivity index (χ1n) is 10.8. The Morgan fingerprint density at radius 1 is 1.07 bits per heavy atom. The summed E-state index contributed by atoms with van der Waals surface area (Å²) in [5.41, 5.74) is 8.51. The van der Waals surface area contributed by atoms with E-state index in [2.05, 4.69) is 10.0 Å². The van der Waals surface area contributed by atoms with Crippen LogP contribution >= 0.6 is 0 Å². The molecule has 0 amide bonds. The first-order chi connectivity index (χ1) is 15.6. The van der Waals surface area contributed by atoms with Crippen LogP contribution < -0.4 is 0 Å². The van der Waals surface area contributed by atoms with E-state index in [1.54, 1.807) is 0 Å². The molecule has 0 radical (unpaired) electrons. The predicted octanol–water partition coefficient (Wildman–Crippen LogP) is 0.132. The fourth-order valence-electron chi connectivity index (χ4n) is 2.67. The van der Waals surface area contributed by atoms with Gasteiger partial charge in [0.1, 0.15) is 12.7 Å². The van der Waals surface area contributed by atoms with E-state index in [-0.39, 0.29) is 0 Å². The highest BCUT2D eigenvalue weighted by Gasteiger charge is 2.59. The van der Waals surface area contributed by atoms with Crippen LogP contribution in [0.4, 0.5) is 0 Å². The molecular formula is C16H23N3O10. The fourth-order valence-corrected chi connectivity index (χ4v) is 2.67. The van der Waals surface area contributed by atoms with Gasteiger partial charge in [0.25, 0.3) is 0 Å². The molecule has 1 aliphatic heterocycles. The first-order valence-corrected chi connectivity index (χ1v) is 7.97. The SMILES string of the molecule is [2H]CC(=O)OC[C@H]1OC(O)(CCN=[N+]=[N-])[C@H](OC(=O)C[2H])[C@@H](OC(=O)C[2H])[C@@H]1OC(=O)C[2H]. The van der Waals surface area contributed by atoms with Gasteiger partial charge in [-0.1, -0.05) is 5.11 Å². The van der Waals surface area contributed by atoms with Crippen LogP contribution in [0.5, 0.6) is 0 Å². The van der Waals surface area contributed by atoms with Crippen molar-refractivity contribution in [3.63, 3.8) is 0 Å². The van der Waals surface area contributed by atoms with Crippen molar-refractivity contribution in [2.75, 3.05) is 13.2 Å². The van der Waals surface area contributed by atoms with Crippen molar-refractivity contribution in [1.29, 1.82) is 0 Å². The van der Waals surface area contributed by atoms with E-state index < -0.39 is 101 Å². The molecule has 13 nitrogen and oxygen atoms in total. The zero-order valence-corrected chi connectivity index (χ0v) is 15.2. The van der Waals surface area contributed by atoms with Crippen molar-refractivity contribution in [3.8, 4) is 0 Å². The number of carbonyl (C=O) groups excluding carboxylic acids is 4. The van der Waals surface area contributed by atoms with E-state index in [0.29, 0.717) is 0 Å². The molecule has 0 bridgehead atoms. The lowest BCUT2D eigenvalue weighted by Crippen LogP contribution is -2.68. The largest absolute Gasteiger partial charge is 0.463 e. The van der Waals surface area contributed by atoms with Crippen molar-refractivity contribution in [2.45, 2.75) is 64.2 Å². The molecule has 29 heavy (non-hydrogen) atoms. The molecule has 1 saturated heterocycles. The molecule has 0 aromatic carbocycles. The van der Waals surface area contributed by atoms with Gasteiger partial charge in [0.15, 0.2) is 18.3 Å². The average Bonchev–Trinajstić information content (AvgIpc) is 2.81. The molecule has 1 fully saturated rings. The summed E-state index contributed by atoms with van der Waals surface area (Å²) >= 11 is 0. The summed E-state index contributed by atoms with van der Waals surface area (Å²) < 4.78 is 54.0. The van der Waals surface area contributed by atoms with Crippen LogP contribution in [-0.2, 0) is 42.9 Å². The third-order valence-electron chi connectivity index (χ3n) is 3.62. The maximum Gasteiger partial charge on any atom is 0.303 e. The number of azide groups is 1. The van der Waals surface area contributed by atoms with E-state index in [4.69, 9.17) is 34.7 Å². The highest BCUT2D eigenvalue weighted by Crippen LogP contribution is 2.36. The number of nitrogens with zero attached hydrogens (tertiary/aromatic N) is 3. The van der Waals surface area contributed by atoms with Crippen LogP contribution in [0.15, 0.2) is 5.11 Å². The summed E-state index contributed by atoms with van der Waals surface area (Å²) in [5, 5.41) is 14.4. The third kappa shape index (κ3) is 7.22. The van der Waals surface area contributed by atoms with Crippen LogP contribution in [0, 0.1) is 0 Å². The van der Waals surface area contributed by atoms with Crippen molar-refractivity contribution < 1.29 is 53.5 Å². The highest BCUT2D eigenvalue weighted by atomic mass is 16.7. The number of rotatable bonds is 8. The number of hydrogen-bond acceptors (Lipinski definition) is 11. The Kier molecular flexibility index (Phi) is 6.64. The lowest BCUT2D eigenvalue weighted by molar-refractivity contribution is -0.352. The second-order valence-electron chi connectivity index (χ2n) is 5.71. The summed E-state index contributed by atoms with van der Waals surface area (Å²) in [7, 11) is 0. The molecule has 1 unspecified atom stereocenters. The van der Waals surface area contributed by atoms with E-state index in [0.717, 1.165) is 0 Å². The van der Waals surface area contributed by atoms with Gasteiger partial charge in [0.2, 0.25) is 5.79 Å². The lowest BCUT2D eigenvalue weighted by atomic mass is 9.90. The Bertz CT molecular complexity index is 769. The van der Waals surface area contributed by atoms with Crippen molar-refractivity contribution in [2.24, 2.45) is 5.11 Å². The molecule has 0 aromatic rings. The smallest absolute Gasteiger partial charge is 0.303 e. The van der Waals surface area contributed by atoms with E-state index in [1.807, 2.05) is 0 Å². The molecule has 1 aliphatic rings. The van der Waals surface area contributed by atoms with Crippen molar-refractivity contribution in [3.05, 3.63) is 10.4 Å². The number of esters is 4. The van der Waals surface area contributed by atoms with Gasteiger partial charge in [-0.05, 0) is 5.53 Å². The van der Waals surface area contributed by atoms with E-state index in [9.17, 15) is 24.3 Å². The molecule has 1 N–H and O–H groups in total. The summed E-state index contributed by atoms with van der Waals surface area (Å²) in [6.07, 6.45) is -7.53. The van der Waals surface area contributed by atoms with Gasteiger partial charge < -0.3 is 28.8 Å². The molecule has 0 aliphatic carbocycles. The molecule has 162 valence electrons. The Morgan fingerprint density at radius 2 is 1.66 bits per heavy atom. The monoisotopic (exact) mass is 421 g/mol. The van der Waals surface area contributed by atoms with Crippen molar-refractivity contribution in [1.82, 2.24) is 0 Å². The molecule has 5 atom stereocenters. The Balaban J connectivity index is 3.50. The van der Waals surface area contributed by atoms with Gasteiger partial charge in [0.05, 0.1) is 0 Å². The molecule has 1 rings (SSSR count). The Labute approximate surface area is 171 Å². The van der Waals surface area contributed by atoms with Gasteiger partial charge in [-0.2, -0.15) is 0 Å². The molecular weight excluding hydrogens is 394 g/mol. The Hall–Kier alpha value is -2.89. The highest BCUT2D eigenvalue weighted by molar-refractivity contribution is 5.68. The maximum atomic E-state index is 11.9. The normalized spacial score (nSPS) is 30.2. The van der Waals surface area contributed by atoms with Crippen LogP contribution in [-0.4, -0.2) is 72.3 Å². The van der Waals surface area contributed by atoms with Crippen LogP contribution in [0.25, 0.3) is 10.4 Å². The van der Waals surface area contributed by atoms with Crippen LogP contribution in [0.1, 0.15) is 39.5 Å². The zero-order valence-electron chi connectivity index (χ0n) is 19.2. The van der Waals surface area contributed by atoms with Gasteiger partial charge in [-0.15, -0.1) is 0 Å². The standard InChI is InChI=1S/C16H23N3O10/c1-8(20)25-7-12-13(26-9(2)21)14(27-10(3)22)15(28-11(4)23)16(24,29-12)5-6-18-19-17/h12-15,24H,5-7H2,1-4H3/t12-,13-,14+,15-,16?/m1/s1/i1D,2D,3D,4D. The van der Waals surface area contributed by atoms with E-state index >= 15 is 0 Å². The molecule has 0 saturated carbocycles. The summed E-state index contributed by atoms with van der Waals surface area (Å²) in [6, 6.07) is 0. The summed E-state index contributed by atoms with van der Waals surface area (Å²) in [6.45, 7) is -4.60. The third-order valence-corrected chi connectivity index (χ3v) is 3.62. The maximum absolute atomic E-state index is 11.9. The Morgan fingerprint density at radius 3 is 2.24 bits per heavy atom. The van der Waals surface area contributed by atoms with Gasteiger partial charge in [-0.25, -0.2) is 0 Å². The molecule has 0 spiro atoms. The summed E-state index contributed by atoms with van der Waals surface area (Å²) in [4.78, 5) is 49.6. The van der Waals surface area contributed by atoms with Crippen molar-refractivity contribution >= 4 is 23.9 Å². The number of hydrogen-bond donors (Lipinski definition) is 1. The fraction of sp³-hybridized carbons (Fsp3) is 0.750. The first kappa shape index (κ1) is 18.2. The minimum atomic E-state index is -2.55. The molecule has 13 heteroatoms. The molecule has 1 heterocycles. The number of aliphatic hydroxyl groups is 1. The van der Waals surface area contributed by atoms with Crippen LogP contribution in [0.2, 0.25) is 0 Å². The predicted molar refractivity (Wildman–Crippen MR) is 91.7 cm³/mol. The average molecular weight is 421 g/mol. The quantitative estimate of drug-likeness (QED) is 0.186. The minimum Gasteiger partial charge on any atom is -0.463 e. The molecule has 0 aromatic heterocycles. The van der Waals surface area contributed by atoms with Gasteiger partial charge in [0, 0.05) is 51.0 Å². The van der Waals surface area contributed by atoms with E-state index in [1.165, 1.54) is 0 Å².